The van der Waals surface area contributed by atoms with Crippen molar-refractivity contribution in [2.45, 2.75) is 31.8 Å². The maximum Gasteiger partial charge on any atom is 0.243 e. The number of carbonyl (C=O) groups excluding carboxylic acids is 1. The van der Waals surface area contributed by atoms with Gasteiger partial charge in [0, 0.05) is 38.2 Å². The van der Waals surface area contributed by atoms with Gasteiger partial charge in [-0.1, -0.05) is 12.1 Å². The lowest BCUT2D eigenvalue weighted by molar-refractivity contribution is -0.121. The van der Waals surface area contributed by atoms with Gasteiger partial charge in [-0.25, -0.2) is 9.97 Å². The van der Waals surface area contributed by atoms with Crippen molar-refractivity contribution in [2.24, 2.45) is 0 Å². The van der Waals surface area contributed by atoms with Crippen LogP contribution in [0.15, 0.2) is 42.7 Å². The molecule has 0 aliphatic carbocycles. The SMILES string of the molecule is CC(C(=O)Nc1ncccn1)N1CCCC1c1cccc(N(C)C)c1. The summed E-state index contributed by atoms with van der Waals surface area (Å²) in [5.74, 6) is 0.284. The number of benzene rings is 1. The first-order chi connectivity index (χ1) is 12.1. The van der Waals surface area contributed by atoms with E-state index in [-0.39, 0.29) is 18.0 Å². The molecule has 6 nitrogen and oxygen atoms in total. The Bertz CT molecular complexity index is 719. The van der Waals surface area contributed by atoms with Crippen LogP contribution in [0.4, 0.5) is 11.6 Å². The third kappa shape index (κ3) is 3.96. The summed E-state index contributed by atoms with van der Waals surface area (Å²) in [6.07, 6.45) is 5.41. The van der Waals surface area contributed by atoms with Crippen LogP contribution < -0.4 is 10.2 Å². The van der Waals surface area contributed by atoms with Gasteiger partial charge in [-0.2, -0.15) is 0 Å². The molecule has 0 saturated carbocycles. The summed E-state index contributed by atoms with van der Waals surface area (Å²) in [6, 6.07) is 10.3. The number of nitrogens with zero attached hydrogens (tertiary/aromatic N) is 4. The van der Waals surface area contributed by atoms with Gasteiger partial charge in [-0.15, -0.1) is 0 Å². The van der Waals surface area contributed by atoms with Gasteiger partial charge >= 0.3 is 0 Å². The molecule has 1 amide bonds. The Labute approximate surface area is 148 Å². The van der Waals surface area contributed by atoms with E-state index >= 15 is 0 Å². The van der Waals surface area contributed by atoms with Crippen LogP contribution in [-0.4, -0.2) is 47.5 Å². The van der Waals surface area contributed by atoms with Crippen molar-refractivity contribution >= 4 is 17.5 Å². The highest BCUT2D eigenvalue weighted by atomic mass is 16.2. The first kappa shape index (κ1) is 17.4. The largest absolute Gasteiger partial charge is 0.378 e. The molecule has 3 rings (SSSR count). The molecule has 0 bridgehead atoms. The van der Waals surface area contributed by atoms with Crippen molar-refractivity contribution in [1.82, 2.24) is 14.9 Å². The number of rotatable bonds is 5. The molecule has 25 heavy (non-hydrogen) atoms. The van der Waals surface area contributed by atoms with Gasteiger partial charge in [0.1, 0.15) is 0 Å². The number of hydrogen-bond acceptors (Lipinski definition) is 5. The topological polar surface area (TPSA) is 61.4 Å². The normalized spacial score (nSPS) is 18.8. The number of hydrogen-bond donors (Lipinski definition) is 1. The van der Waals surface area contributed by atoms with Crippen molar-refractivity contribution < 1.29 is 4.79 Å². The molecule has 1 saturated heterocycles. The summed E-state index contributed by atoms with van der Waals surface area (Å²) in [7, 11) is 4.09. The molecule has 0 spiro atoms. The first-order valence-electron chi connectivity index (χ1n) is 8.67. The lowest BCUT2D eigenvalue weighted by Gasteiger charge is -2.30. The van der Waals surface area contributed by atoms with Gasteiger partial charge in [-0.05, 0) is 50.1 Å². The fourth-order valence-electron chi connectivity index (χ4n) is 3.35. The summed E-state index contributed by atoms with van der Waals surface area (Å²) in [5, 5.41) is 2.81. The van der Waals surface area contributed by atoms with Crippen molar-refractivity contribution in [3.05, 3.63) is 48.3 Å². The molecule has 1 N–H and O–H groups in total. The third-order valence-electron chi connectivity index (χ3n) is 4.74. The van der Waals surface area contributed by atoms with Crippen molar-refractivity contribution in [3.63, 3.8) is 0 Å². The minimum atomic E-state index is -0.237. The lowest BCUT2D eigenvalue weighted by Crippen LogP contribution is -2.41. The predicted molar refractivity (Wildman–Crippen MR) is 99.6 cm³/mol. The van der Waals surface area contributed by atoms with E-state index in [1.165, 1.54) is 11.3 Å². The van der Waals surface area contributed by atoms with Gasteiger partial charge in [0.2, 0.25) is 11.9 Å². The van der Waals surface area contributed by atoms with Crippen molar-refractivity contribution in [3.8, 4) is 0 Å². The zero-order chi connectivity index (χ0) is 17.8. The summed E-state index contributed by atoms with van der Waals surface area (Å²) >= 11 is 0. The minimum Gasteiger partial charge on any atom is -0.378 e. The quantitative estimate of drug-likeness (QED) is 0.907. The zero-order valence-corrected chi connectivity index (χ0v) is 15.0. The van der Waals surface area contributed by atoms with Crippen LogP contribution in [0.3, 0.4) is 0 Å². The summed E-state index contributed by atoms with van der Waals surface area (Å²) < 4.78 is 0. The molecule has 1 aromatic carbocycles. The Balaban J connectivity index is 1.74. The van der Waals surface area contributed by atoms with Crippen LogP contribution in [0.2, 0.25) is 0 Å². The van der Waals surface area contributed by atoms with Gasteiger partial charge < -0.3 is 4.90 Å². The Kier molecular flexibility index (Phi) is 5.28. The Morgan fingerprint density at radius 1 is 1.28 bits per heavy atom. The van der Waals surface area contributed by atoms with Crippen LogP contribution in [-0.2, 0) is 4.79 Å². The Morgan fingerprint density at radius 2 is 2.04 bits per heavy atom. The smallest absolute Gasteiger partial charge is 0.243 e. The standard InChI is InChI=1S/C19H25N5O/c1-14(18(25)22-19-20-10-6-11-21-19)24-12-5-9-17(24)15-7-4-8-16(13-15)23(2)3/h4,6-8,10-11,13-14,17H,5,9,12H2,1-3H3,(H,20,21,22,25). The fourth-order valence-corrected chi connectivity index (χ4v) is 3.35. The van der Waals surface area contributed by atoms with Crippen LogP contribution in [0.1, 0.15) is 31.4 Å². The Hall–Kier alpha value is -2.47. The number of aromatic nitrogens is 2. The van der Waals surface area contributed by atoms with Gasteiger partial charge in [0.05, 0.1) is 6.04 Å². The number of nitrogens with one attached hydrogen (secondary N) is 1. The number of likely N-dealkylation sites (tertiary alicyclic amines) is 1. The summed E-state index contributed by atoms with van der Waals surface area (Å²) in [5.41, 5.74) is 2.44. The average molecular weight is 339 g/mol. The van der Waals surface area contributed by atoms with E-state index in [0.717, 1.165) is 19.4 Å². The molecule has 1 aromatic heterocycles. The van der Waals surface area contributed by atoms with E-state index in [1.807, 2.05) is 21.0 Å². The highest BCUT2D eigenvalue weighted by Gasteiger charge is 2.33. The highest BCUT2D eigenvalue weighted by Crippen LogP contribution is 2.35. The zero-order valence-electron chi connectivity index (χ0n) is 15.0. The monoisotopic (exact) mass is 339 g/mol. The molecular formula is C19H25N5O. The molecule has 2 atom stereocenters. The second-order valence-corrected chi connectivity index (χ2v) is 6.62. The Morgan fingerprint density at radius 3 is 2.76 bits per heavy atom. The minimum absolute atomic E-state index is 0.0677. The second kappa shape index (κ2) is 7.61. The first-order valence-corrected chi connectivity index (χ1v) is 8.67. The van der Waals surface area contributed by atoms with Gasteiger partial charge in [-0.3, -0.25) is 15.0 Å². The summed E-state index contributed by atoms with van der Waals surface area (Å²) in [4.78, 5) is 25.1. The van der Waals surface area contributed by atoms with E-state index in [9.17, 15) is 4.79 Å². The van der Waals surface area contributed by atoms with E-state index in [2.05, 4.69) is 49.4 Å². The third-order valence-corrected chi connectivity index (χ3v) is 4.74. The second-order valence-electron chi connectivity index (χ2n) is 6.62. The van der Waals surface area contributed by atoms with Crippen LogP contribution >= 0.6 is 0 Å². The van der Waals surface area contributed by atoms with Gasteiger partial charge in [0.25, 0.3) is 0 Å². The van der Waals surface area contributed by atoms with Gasteiger partial charge in [0.15, 0.2) is 0 Å². The highest BCUT2D eigenvalue weighted by molar-refractivity contribution is 5.93. The molecule has 2 aromatic rings. The van der Waals surface area contributed by atoms with Crippen LogP contribution in [0, 0.1) is 0 Å². The molecule has 2 heterocycles. The molecule has 6 heteroatoms. The average Bonchev–Trinajstić information content (AvgIpc) is 3.11. The van der Waals surface area contributed by atoms with E-state index in [1.54, 1.807) is 18.5 Å². The van der Waals surface area contributed by atoms with Crippen molar-refractivity contribution in [1.29, 1.82) is 0 Å². The molecule has 132 valence electrons. The lowest BCUT2D eigenvalue weighted by atomic mass is 10.0. The predicted octanol–water partition coefficient (Wildman–Crippen LogP) is 2.71. The molecule has 1 aliphatic rings. The van der Waals surface area contributed by atoms with Crippen LogP contribution in [0.25, 0.3) is 0 Å². The molecular weight excluding hydrogens is 314 g/mol. The molecule has 0 radical (unpaired) electrons. The van der Waals surface area contributed by atoms with E-state index < -0.39 is 0 Å². The maximum absolute atomic E-state index is 12.6. The number of amides is 1. The maximum atomic E-state index is 12.6. The fraction of sp³-hybridized carbons (Fsp3) is 0.421. The number of carbonyl (C=O) groups is 1. The van der Waals surface area contributed by atoms with E-state index in [4.69, 9.17) is 0 Å². The molecule has 2 unspecified atom stereocenters. The summed E-state index contributed by atoms with van der Waals surface area (Å²) in [6.45, 7) is 2.87. The molecule has 1 aliphatic heterocycles. The number of anilines is 2. The van der Waals surface area contributed by atoms with Crippen molar-refractivity contribution in [2.75, 3.05) is 30.9 Å². The van der Waals surface area contributed by atoms with E-state index in [0.29, 0.717) is 5.95 Å². The molecule has 1 fully saturated rings. The van der Waals surface area contributed by atoms with Crippen LogP contribution in [0.5, 0.6) is 0 Å².